The van der Waals surface area contributed by atoms with Crippen molar-refractivity contribution in [1.29, 1.82) is 0 Å². The Hall–Kier alpha value is -1.54. The molecule has 1 N–H and O–H groups in total. The van der Waals surface area contributed by atoms with Crippen LogP contribution in [0.25, 0.3) is 0 Å². The number of nitrogens with zero attached hydrogens (tertiary/aromatic N) is 1. The SMILES string of the molecule is CC(CCl)(Nc1ccccn1)c1ccccc1. The zero-order chi connectivity index (χ0) is 12.1. The van der Waals surface area contributed by atoms with Crippen molar-refractivity contribution >= 4 is 17.4 Å². The number of anilines is 1. The van der Waals surface area contributed by atoms with E-state index in [0.29, 0.717) is 5.88 Å². The van der Waals surface area contributed by atoms with E-state index in [-0.39, 0.29) is 5.54 Å². The Morgan fingerprint density at radius 1 is 1.12 bits per heavy atom. The fraction of sp³-hybridized carbons (Fsp3) is 0.214. The average Bonchev–Trinajstić information content (AvgIpc) is 2.41. The van der Waals surface area contributed by atoms with Crippen LogP contribution in [0.4, 0.5) is 5.82 Å². The number of hydrogen-bond donors (Lipinski definition) is 1. The molecule has 1 aromatic carbocycles. The fourth-order valence-electron chi connectivity index (χ4n) is 1.71. The van der Waals surface area contributed by atoms with Crippen LogP contribution in [-0.4, -0.2) is 10.9 Å². The van der Waals surface area contributed by atoms with E-state index in [9.17, 15) is 0 Å². The van der Waals surface area contributed by atoms with Gasteiger partial charge in [-0.05, 0) is 24.6 Å². The lowest BCUT2D eigenvalue weighted by atomic mass is 9.94. The molecule has 0 aliphatic heterocycles. The summed E-state index contributed by atoms with van der Waals surface area (Å²) in [6.45, 7) is 2.07. The number of halogens is 1. The minimum Gasteiger partial charge on any atom is -0.360 e. The highest BCUT2D eigenvalue weighted by Crippen LogP contribution is 2.26. The highest BCUT2D eigenvalue weighted by atomic mass is 35.5. The highest BCUT2D eigenvalue weighted by Gasteiger charge is 2.25. The third-order valence-electron chi connectivity index (χ3n) is 2.75. The number of aromatic nitrogens is 1. The molecule has 0 aliphatic rings. The Bertz CT molecular complexity index is 458. The Labute approximate surface area is 107 Å². The summed E-state index contributed by atoms with van der Waals surface area (Å²) in [7, 11) is 0. The lowest BCUT2D eigenvalue weighted by molar-refractivity contribution is 0.614. The molecule has 88 valence electrons. The number of nitrogens with one attached hydrogen (secondary N) is 1. The van der Waals surface area contributed by atoms with Crippen LogP contribution in [0.15, 0.2) is 54.7 Å². The molecule has 0 fully saturated rings. The van der Waals surface area contributed by atoms with Gasteiger partial charge in [0.2, 0.25) is 0 Å². The van der Waals surface area contributed by atoms with E-state index in [2.05, 4.69) is 29.4 Å². The van der Waals surface area contributed by atoms with Crippen LogP contribution in [0.5, 0.6) is 0 Å². The molecule has 0 radical (unpaired) electrons. The van der Waals surface area contributed by atoms with Crippen molar-refractivity contribution in [3.63, 3.8) is 0 Å². The van der Waals surface area contributed by atoms with Crippen LogP contribution in [0.1, 0.15) is 12.5 Å². The summed E-state index contributed by atoms with van der Waals surface area (Å²) in [5, 5.41) is 3.38. The van der Waals surface area contributed by atoms with Crippen molar-refractivity contribution in [3.05, 3.63) is 60.3 Å². The van der Waals surface area contributed by atoms with Gasteiger partial charge in [-0.3, -0.25) is 0 Å². The van der Waals surface area contributed by atoms with Crippen molar-refractivity contribution in [2.45, 2.75) is 12.5 Å². The van der Waals surface area contributed by atoms with Gasteiger partial charge in [0.1, 0.15) is 5.82 Å². The molecule has 2 rings (SSSR count). The van der Waals surface area contributed by atoms with Gasteiger partial charge in [-0.1, -0.05) is 36.4 Å². The highest BCUT2D eigenvalue weighted by molar-refractivity contribution is 6.18. The molecule has 0 spiro atoms. The molecule has 0 bridgehead atoms. The normalized spacial score (nSPS) is 14.0. The van der Waals surface area contributed by atoms with Crippen LogP contribution < -0.4 is 5.32 Å². The van der Waals surface area contributed by atoms with E-state index in [4.69, 9.17) is 11.6 Å². The van der Waals surface area contributed by atoms with E-state index < -0.39 is 0 Å². The Morgan fingerprint density at radius 3 is 2.41 bits per heavy atom. The van der Waals surface area contributed by atoms with Crippen LogP contribution in [0.2, 0.25) is 0 Å². The van der Waals surface area contributed by atoms with E-state index >= 15 is 0 Å². The molecule has 0 saturated heterocycles. The second kappa shape index (κ2) is 5.19. The summed E-state index contributed by atoms with van der Waals surface area (Å²) >= 11 is 6.10. The molecule has 1 atom stereocenters. The average molecular weight is 247 g/mol. The first-order valence-electron chi connectivity index (χ1n) is 5.55. The molecular formula is C14H15ClN2. The van der Waals surface area contributed by atoms with Gasteiger partial charge in [-0.15, -0.1) is 11.6 Å². The molecule has 0 saturated carbocycles. The van der Waals surface area contributed by atoms with Gasteiger partial charge in [-0.25, -0.2) is 4.98 Å². The molecule has 1 unspecified atom stereocenters. The zero-order valence-corrected chi connectivity index (χ0v) is 10.5. The number of hydrogen-bond acceptors (Lipinski definition) is 2. The molecule has 1 heterocycles. The van der Waals surface area contributed by atoms with Gasteiger partial charge in [0.05, 0.1) is 5.54 Å². The first-order valence-corrected chi connectivity index (χ1v) is 6.09. The lowest BCUT2D eigenvalue weighted by Gasteiger charge is -2.29. The largest absolute Gasteiger partial charge is 0.360 e. The Balaban J connectivity index is 2.27. The topological polar surface area (TPSA) is 24.9 Å². The van der Waals surface area contributed by atoms with E-state index in [1.807, 2.05) is 36.4 Å². The quantitative estimate of drug-likeness (QED) is 0.833. The van der Waals surface area contributed by atoms with Crippen LogP contribution >= 0.6 is 11.6 Å². The molecule has 2 nitrogen and oxygen atoms in total. The van der Waals surface area contributed by atoms with E-state index in [1.165, 1.54) is 0 Å². The van der Waals surface area contributed by atoms with E-state index in [1.54, 1.807) is 6.20 Å². The summed E-state index contributed by atoms with van der Waals surface area (Å²) in [6, 6.07) is 15.9. The zero-order valence-electron chi connectivity index (χ0n) is 9.73. The van der Waals surface area contributed by atoms with E-state index in [0.717, 1.165) is 11.4 Å². The number of benzene rings is 1. The molecule has 2 aromatic rings. The van der Waals surface area contributed by atoms with Crippen molar-refractivity contribution < 1.29 is 0 Å². The monoisotopic (exact) mass is 246 g/mol. The summed E-state index contributed by atoms with van der Waals surface area (Å²) < 4.78 is 0. The standard InChI is InChI=1S/C14H15ClN2/c1-14(11-15,12-7-3-2-4-8-12)17-13-9-5-6-10-16-13/h2-10H,11H2,1H3,(H,16,17). The van der Waals surface area contributed by atoms with Gasteiger partial charge >= 0.3 is 0 Å². The smallest absolute Gasteiger partial charge is 0.126 e. The van der Waals surface area contributed by atoms with Crippen LogP contribution in [0.3, 0.4) is 0 Å². The summed E-state index contributed by atoms with van der Waals surface area (Å²) in [5.41, 5.74) is 0.845. The summed E-state index contributed by atoms with van der Waals surface area (Å²) in [6.07, 6.45) is 1.77. The predicted molar refractivity (Wildman–Crippen MR) is 72.4 cm³/mol. The van der Waals surface area contributed by atoms with Gasteiger partial charge < -0.3 is 5.32 Å². The second-order valence-corrected chi connectivity index (χ2v) is 4.44. The van der Waals surface area contributed by atoms with Crippen molar-refractivity contribution in [1.82, 2.24) is 4.98 Å². The first kappa shape index (κ1) is 11.9. The predicted octanol–water partition coefficient (Wildman–Crippen LogP) is 3.65. The minimum absolute atomic E-state index is 0.308. The Kier molecular flexibility index (Phi) is 3.64. The van der Waals surface area contributed by atoms with Crippen LogP contribution in [0, 0.1) is 0 Å². The third kappa shape index (κ3) is 2.77. The molecular weight excluding hydrogens is 232 g/mol. The lowest BCUT2D eigenvalue weighted by Crippen LogP contribution is -2.34. The Morgan fingerprint density at radius 2 is 1.82 bits per heavy atom. The number of alkyl halides is 1. The van der Waals surface area contributed by atoms with Gasteiger partial charge in [-0.2, -0.15) is 0 Å². The van der Waals surface area contributed by atoms with Crippen molar-refractivity contribution in [2.75, 3.05) is 11.2 Å². The van der Waals surface area contributed by atoms with Gasteiger partial charge in [0.15, 0.2) is 0 Å². The summed E-state index contributed by atoms with van der Waals surface area (Å²) in [4.78, 5) is 4.27. The van der Waals surface area contributed by atoms with Crippen molar-refractivity contribution in [3.8, 4) is 0 Å². The van der Waals surface area contributed by atoms with Gasteiger partial charge in [0.25, 0.3) is 0 Å². The number of rotatable bonds is 4. The summed E-state index contributed by atoms with van der Waals surface area (Å²) in [5.74, 6) is 1.31. The maximum Gasteiger partial charge on any atom is 0.126 e. The maximum atomic E-state index is 6.10. The fourth-order valence-corrected chi connectivity index (χ4v) is 1.93. The molecule has 0 aliphatic carbocycles. The molecule has 0 amide bonds. The first-order chi connectivity index (χ1) is 8.24. The number of pyridine rings is 1. The molecule has 1 aromatic heterocycles. The second-order valence-electron chi connectivity index (χ2n) is 4.17. The minimum atomic E-state index is -0.308. The van der Waals surface area contributed by atoms with Gasteiger partial charge in [0, 0.05) is 12.1 Å². The molecule has 17 heavy (non-hydrogen) atoms. The third-order valence-corrected chi connectivity index (χ3v) is 3.28. The molecule has 3 heteroatoms. The van der Waals surface area contributed by atoms with Crippen LogP contribution in [-0.2, 0) is 5.54 Å². The maximum absolute atomic E-state index is 6.10. The van der Waals surface area contributed by atoms with Crippen molar-refractivity contribution in [2.24, 2.45) is 0 Å².